The van der Waals surface area contributed by atoms with Gasteiger partial charge in [-0.15, -0.1) is 0 Å². The molecule has 3 rings (SSSR count). The van der Waals surface area contributed by atoms with E-state index in [4.69, 9.17) is 10.5 Å². The number of ether oxygens (including phenoxy) is 1. The Morgan fingerprint density at radius 3 is 2.50 bits per heavy atom. The van der Waals surface area contributed by atoms with Crippen LogP contribution in [0.4, 0.5) is 5.95 Å². The first-order valence-electron chi connectivity index (χ1n) is 6.71. The Labute approximate surface area is 137 Å². The van der Waals surface area contributed by atoms with E-state index in [0.717, 1.165) is 32.7 Å². The van der Waals surface area contributed by atoms with Gasteiger partial charge >= 0.3 is 0 Å². The monoisotopic (exact) mass is 355 g/mol. The summed E-state index contributed by atoms with van der Waals surface area (Å²) >= 11 is 3.47. The van der Waals surface area contributed by atoms with Crippen molar-refractivity contribution in [2.24, 2.45) is 0 Å². The highest BCUT2D eigenvalue weighted by Crippen LogP contribution is 2.31. The van der Waals surface area contributed by atoms with E-state index in [9.17, 15) is 0 Å². The zero-order chi connectivity index (χ0) is 15.5. The molecule has 0 bridgehead atoms. The van der Waals surface area contributed by atoms with Crippen LogP contribution in [-0.2, 0) is 0 Å². The second-order valence-corrected chi connectivity index (χ2v) is 5.62. The first-order valence-corrected chi connectivity index (χ1v) is 7.50. The predicted molar refractivity (Wildman–Crippen MR) is 91.6 cm³/mol. The third kappa shape index (κ3) is 2.94. The molecule has 3 aromatic rings. The molecule has 0 spiro atoms. The summed E-state index contributed by atoms with van der Waals surface area (Å²) in [6.07, 6.45) is 0. The second kappa shape index (κ2) is 6.15. The van der Waals surface area contributed by atoms with Gasteiger partial charge in [-0.1, -0.05) is 40.2 Å². The molecule has 0 saturated carbocycles. The lowest BCUT2D eigenvalue weighted by Crippen LogP contribution is -1.99. The van der Waals surface area contributed by atoms with Crippen LogP contribution >= 0.6 is 15.9 Å². The molecular weight excluding hydrogens is 342 g/mol. The van der Waals surface area contributed by atoms with Crippen LogP contribution in [0.1, 0.15) is 0 Å². The maximum Gasteiger partial charge on any atom is 0.221 e. The number of hydrogen-bond donors (Lipinski definition) is 1. The van der Waals surface area contributed by atoms with Crippen LogP contribution in [0, 0.1) is 0 Å². The van der Waals surface area contributed by atoms with Gasteiger partial charge in [0.15, 0.2) is 0 Å². The highest BCUT2D eigenvalue weighted by atomic mass is 79.9. The molecule has 0 aliphatic heterocycles. The molecule has 5 heteroatoms. The number of hydrogen-bond acceptors (Lipinski definition) is 4. The molecular formula is C17H14BrN3O. The average molecular weight is 356 g/mol. The van der Waals surface area contributed by atoms with Crippen molar-refractivity contribution in [2.45, 2.75) is 0 Å². The molecule has 2 aromatic carbocycles. The number of nitrogens with two attached hydrogens (primary N) is 1. The van der Waals surface area contributed by atoms with Gasteiger partial charge in [0.25, 0.3) is 0 Å². The van der Waals surface area contributed by atoms with Crippen LogP contribution in [0.2, 0.25) is 0 Å². The first-order chi connectivity index (χ1) is 10.7. The maximum absolute atomic E-state index is 5.89. The molecule has 0 fully saturated rings. The van der Waals surface area contributed by atoms with Crippen LogP contribution in [0.15, 0.2) is 59.1 Å². The fourth-order valence-electron chi connectivity index (χ4n) is 2.26. The quantitative estimate of drug-likeness (QED) is 0.765. The second-order valence-electron chi connectivity index (χ2n) is 4.71. The third-order valence-corrected chi connectivity index (χ3v) is 3.74. The van der Waals surface area contributed by atoms with E-state index in [-0.39, 0.29) is 5.95 Å². The minimum absolute atomic E-state index is 0.235. The summed E-state index contributed by atoms with van der Waals surface area (Å²) in [4.78, 5) is 8.67. The number of anilines is 1. The van der Waals surface area contributed by atoms with E-state index in [1.807, 2.05) is 54.6 Å². The summed E-state index contributed by atoms with van der Waals surface area (Å²) < 4.78 is 6.38. The van der Waals surface area contributed by atoms with Crippen molar-refractivity contribution in [2.75, 3.05) is 12.8 Å². The summed E-state index contributed by atoms with van der Waals surface area (Å²) in [7, 11) is 1.64. The average Bonchev–Trinajstić information content (AvgIpc) is 2.54. The van der Waals surface area contributed by atoms with Crippen LogP contribution in [-0.4, -0.2) is 17.1 Å². The molecule has 0 radical (unpaired) electrons. The fraction of sp³-hybridized carbons (Fsp3) is 0.0588. The molecule has 0 aliphatic rings. The maximum atomic E-state index is 5.89. The lowest BCUT2D eigenvalue weighted by atomic mass is 10.1. The van der Waals surface area contributed by atoms with Gasteiger partial charge in [0.1, 0.15) is 5.75 Å². The Bertz CT molecular complexity index is 821. The molecule has 4 nitrogen and oxygen atoms in total. The van der Waals surface area contributed by atoms with Gasteiger partial charge in [-0.3, -0.25) is 0 Å². The zero-order valence-corrected chi connectivity index (χ0v) is 13.5. The Kier molecular flexibility index (Phi) is 4.06. The van der Waals surface area contributed by atoms with Gasteiger partial charge in [-0.2, -0.15) is 0 Å². The zero-order valence-electron chi connectivity index (χ0n) is 12.0. The SMILES string of the molecule is COc1ccccc1-c1cc(-c2cccc(Br)c2)nc(N)n1. The van der Waals surface area contributed by atoms with Crippen molar-refractivity contribution >= 4 is 21.9 Å². The van der Waals surface area contributed by atoms with Crippen molar-refractivity contribution in [1.29, 1.82) is 0 Å². The summed E-state index contributed by atoms with van der Waals surface area (Å²) in [6.45, 7) is 0. The summed E-state index contributed by atoms with van der Waals surface area (Å²) in [5, 5.41) is 0. The minimum Gasteiger partial charge on any atom is -0.496 e. The molecule has 1 aromatic heterocycles. The van der Waals surface area contributed by atoms with Gasteiger partial charge in [0.05, 0.1) is 18.5 Å². The Balaban J connectivity index is 2.15. The highest BCUT2D eigenvalue weighted by molar-refractivity contribution is 9.10. The number of rotatable bonds is 3. The number of aromatic nitrogens is 2. The molecule has 0 aliphatic carbocycles. The van der Waals surface area contributed by atoms with Gasteiger partial charge in [0.2, 0.25) is 5.95 Å². The number of para-hydroxylation sites is 1. The fourth-order valence-corrected chi connectivity index (χ4v) is 2.66. The van der Waals surface area contributed by atoms with Crippen LogP contribution in [0.5, 0.6) is 5.75 Å². The third-order valence-electron chi connectivity index (χ3n) is 3.25. The van der Waals surface area contributed by atoms with E-state index < -0.39 is 0 Å². The van der Waals surface area contributed by atoms with E-state index in [1.54, 1.807) is 7.11 Å². The summed E-state index contributed by atoms with van der Waals surface area (Å²) in [6, 6.07) is 17.5. The van der Waals surface area contributed by atoms with Crippen molar-refractivity contribution in [3.05, 3.63) is 59.1 Å². The Morgan fingerprint density at radius 1 is 0.955 bits per heavy atom. The standard InChI is InChI=1S/C17H14BrN3O/c1-22-16-8-3-2-7-13(16)15-10-14(20-17(19)21-15)11-5-4-6-12(18)9-11/h2-10H,1H3,(H2,19,20,21). The van der Waals surface area contributed by atoms with Gasteiger partial charge in [0, 0.05) is 15.6 Å². The van der Waals surface area contributed by atoms with Gasteiger partial charge in [-0.25, -0.2) is 9.97 Å². The highest BCUT2D eigenvalue weighted by Gasteiger charge is 2.10. The number of nitrogens with zero attached hydrogens (tertiary/aromatic N) is 2. The Morgan fingerprint density at radius 2 is 1.73 bits per heavy atom. The smallest absolute Gasteiger partial charge is 0.221 e. The number of nitrogen functional groups attached to an aromatic ring is 1. The normalized spacial score (nSPS) is 10.5. The van der Waals surface area contributed by atoms with Crippen molar-refractivity contribution in [1.82, 2.24) is 9.97 Å². The molecule has 2 N–H and O–H groups in total. The van der Waals surface area contributed by atoms with Crippen molar-refractivity contribution in [3.8, 4) is 28.3 Å². The van der Waals surface area contributed by atoms with Crippen LogP contribution in [0.3, 0.4) is 0 Å². The van der Waals surface area contributed by atoms with E-state index in [2.05, 4.69) is 25.9 Å². The molecule has 0 atom stereocenters. The lowest BCUT2D eigenvalue weighted by molar-refractivity contribution is 0.416. The van der Waals surface area contributed by atoms with E-state index in [1.165, 1.54) is 0 Å². The molecule has 0 amide bonds. The number of halogens is 1. The first kappa shape index (κ1) is 14.5. The lowest BCUT2D eigenvalue weighted by Gasteiger charge is -2.10. The molecule has 0 saturated heterocycles. The van der Waals surface area contributed by atoms with Crippen molar-refractivity contribution < 1.29 is 4.74 Å². The molecule has 22 heavy (non-hydrogen) atoms. The minimum atomic E-state index is 0.235. The molecule has 0 unspecified atom stereocenters. The Hall–Kier alpha value is -2.40. The van der Waals surface area contributed by atoms with E-state index >= 15 is 0 Å². The largest absolute Gasteiger partial charge is 0.496 e. The van der Waals surface area contributed by atoms with Crippen molar-refractivity contribution in [3.63, 3.8) is 0 Å². The van der Waals surface area contributed by atoms with Gasteiger partial charge < -0.3 is 10.5 Å². The number of methoxy groups -OCH3 is 1. The van der Waals surface area contributed by atoms with Crippen LogP contribution in [0.25, 0.3) is 22.5 Å². The molecule has 110 valence electrons. The van der Waals surface area contributed by atoms with Crippen LogP contribution < -0.4 is 10.5 Å². The summed E-state index contributed by atoms with van der Waals surface area (Å²) in [5.41, 5.74) is 9.25. The van der Waals surface area contributed by atoms with E-state index in [0.29, 0.717) is 0 Å². The van der Waals surface area contributed by atoms with Gasteiger partial charge in [-0.05, 0) is 30.3 Å². The predicted octanol–water partition coefficient (Wildman–Crippen LogP) is 4.16. The topological polar surface area (TPSA) is 61.0 Å². The molecule has 1 heterocycles. The summed E-state index contributed by atoms with van der Waals surface area (Å²) in [5.74, 6) is 0.985. The number of benzene rings is 2.